The summed E-state index contributed by atoms with van der Waals surface area (Å²) in [7, 11) is 0. The summed E-state index contributed by atoms with van der Waals surface area (Å²) in [6.07, 6.45) is 0. The molecule has 2 N–H and O–H groups in total. The summed E-state index contributed by atoms with van der Waals surface area (Å²) in [5, 5.41) is 17.8. The fraction of sp³-hybridized carbons (Fsp3) is 0.375. The second-order valence-electron chi connectivity index (χ2n) is 5.26. The minimum atomic E-state index is -0.809. The molecule has 102 valence electrons. The molecule has 0 aliphatic carbocycles. The van der Waals surface area contributed by atoms with E-state index in [4.69, 9.17) is 0 Å². The highest BCUT2D eigenvalue weighted by atomic mass is 32.1. The first-order valence-corrected chi connectivity index (χ1v) is 7.46. The van der Waals surface area contributed by atoms with Crippen LogP contribution in [0.1, 0.15) is 29.2 Å². The quantitative estimate of drug-likeness (QED) is 0.877. The largest absolute Gasteiger partial charge is 0.384 e. The first-order chi connectivity index (χ1) is 9.00. The Morgan fingerprint density at radius 1 is 1.21 bits per heavy atom. The Morgan fingerprint density at radius 2 is 1.89 bits per heavy atom. The van der Waals surface area contributed by atoms with Gasteiger partial charge in [-0.05, 0) is 59.9 Å². The van der Waals surface area contributed by atoms with Crippen LogP contribution in [0.4, 0.5) is 0 Å². The normalized spacial score (nSPS) is 14.3. The molecule has 0 aliphatic rings. The van der Waals surface area contributed by atoms with E-state index in [-0.39, 0.29) is 0 Å². The zero-order chi connectivity index (χ0) is 13.9. The van der Waals surface area contributed by atoms with E-state index in [1.165, 1.54) is 16.7 Å². The highest BCUT2D eigenvalue weighted by Crippen LogP contribution is 2.22. The lowest BCUT2D eigenvalue weighted by Crippen LogP contribution is -2.35. The number of hydrogen-bond donors (Lipinski definition) is 2. The van der Waals surface area contributed by atoms with Gasteiger partial charge in [0, 0.05) is 13.1 Å². The van der Waals surface area contributed by atoms with Crippen LogP contribution in [0.25, 0.3) is 0 Å². The lowest BCUT2D eigenvalue weighted by Gasteiger charge is -2.23. The highest BCUT2D eigenvalue weighted by molar-refractivity contribution is 7.08. The summed E-state index contributed by atoms with van der Waals surface area (Å²) < 4.78 is 0. The van der Waals surface area contributed by atoms with Crippen LogP contribution in [0.2, 0.25) is 0 Å². The number of aryl methyl sites for hydroxylation is 2. The number of hydrogen-bond acceptors (Lipinski definition) is 3. The molecule has 0 saturated heterocycles. The Hall–Kier alpha value is -1.16. The van der Waals surface area contributed by atoms with Gasteiger partial charge in [0.1, 0.15) is 0 Å². The van der Waals surface area contributed by atoms with Crippen LogP contribution in [0.3, 0.4) is 0 Å². The van der Waals surface area contributed by atoms with E-state index >= 15 is 0 Å². The molecule has 19 heavy (non-hydrogen) atoms. The van der Waals surface area contributed by atoms with E-state index in [1.807, 2.05) is 23.8 Å². The predicted molar refractivity (Wildman–Crippen MR) is 81.5 cm³/mol. The third-order valence-electron chi connectivity index (χ3n) is 3.56. The molecule has 2 nitrogen and oxygen atoms in total. The molecule has 0 bridgehead atoms. The van der Waals surface area contributed by atoms with E-state index < -0.39 is 5.60 Å². The van der Waals surface area contributed by atoms with Crippen LogP contribution in [-0.4, -0.2) is 11.7 Å². The standard InChI is InChI=1S/C16H21NOS/c1-12-5-4-6-13(2)15(12)9-17-11-16(3,18)14-7-8-19-10-14/h4-8,10,17-18H,9,11H2,1-3H3. The van der Waals surface area contributed by atoms with Crippen molar-refractivity contribution in [1.82, 2.24) is 5.32 Å². The molecule has 0 spiro atoms. The van der Waals surface area contributed by atoms with Gasteiger partial charge in [-0.25, -0.2) is 0 Å². The van der Waals surface area contributed by atoms with Gasteiger partial charge in [-0.15, -0.1) is 0 Å². The number of rotatable bonds is 5. The maximum Gasteiger partial charge on any atom is 0.1000 e. The highest BCUT2D eigenvalue weighted by Gasteiger charge is 2.22. The van der Waals surface area contributed by atoms with Gasteiger partial charge >= 0.3 is 0 Å². The van der Waals surface area contributed by atoms with Crippen molar-refractivity contribution in [3.63, 3.8) is 0 Å². The predicted octanol–water partition coefficient (Wildman–Crippen LogP) is 3.36. The van der Waals surface area contributed by atoms with Crippen molar-refractivity contribution in [2.24, 2.45) is 0 Å². The molecule has 1 heterocycles. The monoisotopic (exact) mass is 275 g/mol. The minimum absolute atomic E-state index is 0.553. The van der Waals surface area contributed by atoms with Gasteiger partial charge in [0.25, 0.3) is 0 Å². The Labute approximate surface area is 119 Å². The van der Waals surface area contributed by atoms with Crippen LogP contribution in [0.5, 0.6) is 0 Å². The van der Waals surface area contributed by atoms with Crippen LogP contribution in [-0.2, 0) is 12.1 Å². The molecular weight excluding hydrogens is 254 g/mol. The SMILES string of the molecule is Cc1cccc(C)c1CNCC(C)(O)c1ccsc1. The number of aliphatic hydroxyl groups is 1. The summed E-state index contributed by atoms with van der Waals surface area (Å²) in [4.78, 5) is 0. The molecule has 2 aromatic rings. The van der Waals surface area contributed by atoms with Crippen molar-refractivity contribution in [3.05, 3.63) is 57.3 Å². The average Bonchev–Trinajstić information content (AvgIpc) is 2.87. The van der Waals surface area contributed by atoms with Crippen LogP contribution in [0, 0.1) is 13.8 Å². The van der Waals surface area contributed by atoms with Gasteiger partial charge in [-0.3, -0.25) is 0 Å². The molecule has 0 aliphatic heterocycles. The van der Waals surface area contributed by atoms with Crippen molar-refractivity contribution in [2.75, 3.05) is 6.54 Å². The van der Waals surface area contributed by atoms with Crippen LogP contribution >= 0.6 is 11.3 Å². The Morgan fingerprint density at radius 3 is 2.47 bits per heavy atom. The minimum Gasteiger partial charge on any atom is -0.384 e. The molecule has 0 amide bonds. The van der Waals surface area contributed by atoms with E-state index in [0.29, 0.717) is 6.54 Å². The Kier molecular flexibility index (Phi) is 4.40. The van der Waals surface area contributed by atoms with Crippen molar-refractivity contribution in [2.45, 2.75) is 32.9 Å². The number of benzene rings is 1. The van der Waals surface area contributed by atoms with Gasteiger partial charge < -0.3 is 10.4 Å². The summed E-state index contributed by atoms with van der Waals surface area (Å²) in [6, 6.07) is 8.31. The molecular formula is C16H21NOS. The topological polar surface area (TPSA) is 32.3 Å². The Bertz CT molecular complexity index is 511. The molecule has 0 fully saturated rings. The van der Waals surface area contributed by atoms with E-state index in [2.05, 4.69) is 37.4 Å². The van der Waals surface area contributed by atoms with Crippen LogP contribution in [0.15, 0.2) is 35.0 Å². The van der Waals surface area contributed by atoms with E-state index in [0.717, 1.165) is 12.1 Å². The second kappa shape index (κ2) is 5.87. The van der Waals surface area contributed by atoms with Crippen molar-refractivity contribution in [3.8, 4) is 0 Å². The lowest BCUT2D eigenvalue weighted by molar-refractivity contribution is 0.0571. The van der Waals surface area contributed by atoms with Crippen molar-refractivity contribution >= 4 is 11.3 Å². The average molecular weight is 275 g/mol. The van der Waals surface area contributed by atoms with Gasteiger partial charge in [0.2, 0.25) is 0 Å². The van der Waals surface area contributed by atoms with Gasteiger partial charge in [-0.2, -0.15) is 11.3 Å². The lowest BCUT2D eigenvalue weighted by atomic mass is 9.98. The molecule has 1 atom stereocenters. The fourth-order valence-corrected chi connectivity index (χ4v) is 3.01. The zero-order valence-corrected chi connectivity index (χ0v) is 12.6. The summed E-state index contributed by atoms with van der Waals surface area (Å²) in [5.74, 6) is 0. The summed E-state index contributed by atoms with van der Waals surface area (Å²) >= 11 is 1.61. The smallest absolute Gasteiger partial charge is 0.1000 e. The van der Waals surface area contributed by atoms with Crippen molar-refractivity contribution < 1.29 is 5.11 Å². The van der Waals surface area contributed by atoms with Crippen LogP contribution < -0.4 is 5.32 Å². The van der Waals surface area contributed by atoms with E-state index in [9.17, 15) is 5.11 Å². The number of thiophene rings is 1. The Balaban J connectivity index is 1.97. The van der Waals surface area contributed by atoms with Crippen molar-refractivity contribution in [1.29, 1.82) is 0 Å². The first kappa shape index (κ1) is 14.3. The third kappa shape index (κ3) is 3.44. The first-order valence-electron chi connectivity index (χ1n) is 6.51. The molecule has 1 aromatic carbocycles. The van der Waals surface area contributed by atoms with Gasteiger partial charge in [-0.1, -0.05) is 18.2 Å². The summed E-state index contributed by atoms with van der Waals surface area (Å²) in [6.45, 7) is 7.45. The second-order valence-corrected chi connectivity index (χ2v) is 6.04. The number of nitrogens with one attached hydrogen (secondary N) is 1. The van der Waals surface area contributed by atoms with Gasteiger partial charge in [0.05, 0.1) is 5.60 Å². The molecule has 1 unspecified atom stereocenters. The van der Waals surface area contributed by atoms with E-state index in [1.54, 1.807) is 11.3 Å². The molecule has 0 radical (unpaired) electrons. The third-order valence-corrected chi connectivity index (χ3v) is 4.24. The summed E-state index contributed by atoms with van der Waals surface area (Å²) in [5.41, 5.74) is 4.08. The molecule has 0 saturated carbocycles. The fourth-order valence-electron chi connectivity index (χ4n) is 2.23. The maximum atomic E-state index is 10.4. The molecule has 3 heteroatoms. The zero-order valence-electron chi connectivity index (χ0n) is 11.7. The maximum absolute atomic E-state index is 10.4. The molecule has 2 rings (SSSR count). The molecule has 1 aromatic heterocycles. The van der Waals surface area contributed by atoms with Gasteiger partial charge in [0.15, 0.2) is 0 Å².